The highest BCUT2D eigenvalue weighted by Crippen LogP contribution is 2.27. The fraction of sp³-hybridized carbons (Fsp3) is 0.923. The van der Waals surface area contributed by atoms with E-state index in [2.05, 4.69) is 39.9 Å². The van der Waals surface area contributed by atoms with Gasteiger partial charge in [0.2, 0.25) is 5.91 Å². The second kappa shape index (κ2) is 15.8. The summed E-state index contributed by atoms with van der Waals surface area (Å²) in [6.45, 7) is 12.6. The van der Waals surface area contributed by atoms with Gasteiger partial charge in [-0.25, -0.2) is 0 Å². The lowest BCUT2D eigenvalue weighted by Gasteiger charge is -2.31. The minimum absolute atomic E-state index is 0.0941. The van der Waals surface area contributed by atoms with Gasteiger partial charge in [0, 0.05) is 12.5 Å². The van der Waals surface area contributed by atoms with Gasteiger partial charge in [-0.1, -0.05) is 86.0 Å². The van der Waals surface area contributed by atoms with Gasteiger partial charge < -0.3 is 10.2 Å². The number of carbonyl (C=O) groups excluding carboxylic acids is 2. The van der Waals surface area contributed by atoms with Crippen molar-refractivity contribution in [3.8, 4) is 0 Å². The fourth-order valence-corrected chi connectivity index (χ4v) is 4.65. The Balaban J connectivity index is 2.72. The molecule has 4 nitrogen and oxygen atoms in total. The number of ketones is 1. The van der Waals surface area contributed by atoms with Crippen molar-refractivity contribution in [3.05, 3.63) is 0 Å². The van der Waals surface area contributed by atoms with Gasteiger partial charge in [-0.05, 0) is 44.6 Å². The lowest BCUT2D eigenvalue weighted by Crippen LogP contribution is -2.48. The molecule has 0 bridgehead atoms. The quantitative estimate of drug-likeness (QED) is 0.270. The van der Waals surface area contributed by atoms with E-state index in [9.17, 15) is 9.59 Å². The van der Waals surface area contributed by atoms with Crippen LogP contribution in [0.25, 0.3) is 0 Å². The van der Waals surface area contributed by atoms with E-state index in [4.69, 9.17) is 0 Å². The maximum atomic E-state index is 13.6. The van der Waals surface area contributed by atoms with Crippen LogP contribution in [0.5, 0.6) is 0 Å². The lowest BCUT2D eigenvalue weighted by molar-refractivity contribution is -0.140. The Kier molecular flexibility index (Phi) is 14.3. The minimum Gasteiger partial charge on any atom is -0.331 e. The fourth-order valence-electron chi connectivity index (χ4n) is 4.65. The second-order valence-corrected chi connectivity index (χ2v) is 9.77. The first-order valence-electron chi connectivity index (χ1n) is 13.0. The number of nitrogens with zero attached hydrogens (tertiary/aromatic N) is 1. The largest absolute Gasteiger partial charge is 0.331 e. The van der Waals surface area contributed by atoms with E-state index in [1.54, 1.807) is 0 Å². The molecule has 1 rings (SSSR count). The van der Waals surface area contributed by atoms with Crippen LogP contribution in [-0.4, -0.2) is 41.8 Å². The van der Waals surface area contributed by atoms with Gasteiger partial charge in [-0.2, -0.15) is 0 Å². The summed E-state index contributed by atoms with van der Waals surface area (Å²) < 4.78 is 0. The highest BCUT2D eigenvalue weighted by molar-refractivity contribution is 5.93. The maximum Gasteiger partial charge on any atom is 0.240 e. The number of nitrogens with one attached hydrogen (secondary N) is 1. The van der Waals surface area contributed by atoms with Crippen LogP contribution in [-0.2, 0) is 9.59 Å². The molecule has 1 aliphatic rings. The molecular formula is C26H50N2O2. The summed E-state index contributed by atoms with van der Waals surface area (Å²) in [6.07, 6.45) is 14.2. The molecule has 0 aliphatic carbocycles. The number of amides is 1. The van der Waals surface area contributed by atoms with Crippen LogP contribution in [0.4, 0.5) is 0 Å². The zero-order chi connectivity index (χ0) is 22.4. The first kappa shape index (κ1) is 27.1. The normalized spacial score (nSPS) is 18.0. The van der Waals surface area contributed by atoms with Crippen molar-refractivity contribution >= 4 is 11.7 Å². The molecule has 0 aromatic rings. The van der Waals surface area contributed by atoms with Crippen LogP contribution < -0.4 is 5.32 Å². The summed E-state index contributed by atoms with van der Waals surface area (Å²) in [7, 11) is 0. The summed E-state index contributed by atoms with van der Waals surface area (Å²) >= 11 is 0. The number of Topliss-reactive ketones (excluding diaryl/α,β-unsaturated/α-hetero) is 1. The molecule has 176 valence electrons. The van der Waals surface area contributed by atoms with Gasteiger partial charge in [0.1, 0.15) is 0 Å². The molecule has 0 unspecified atom stereocenters. The molecule has 1 fully saturated rings. The predicted molar refractivity (Wildman–Crippen MR) is 128 cm³/mol. The standard InChI is InChI=1S/C26H50N2O2/c1-6-9-12-13-14-18-27-23-17-19-28(26(23)30)24(20-21(4)5)25(29)22(15-10-7-2)16-11-8-3/h21-24,27H,6-20H2,1-5H3/t23-,24+/m1/s1. The topological polar surface area (TPSA) is 49.4 Å². The summed E-state index contributed by atoms with van der Waals surface area (Å²) in [6, 6.07) is -0.323. The number of rotatable bonds is 18. The SMILES string of the molecule is CCCCCCCN[C@@H]1CCN([C@@H](CC(C)C)C(=O)C(CCCC)CCCC)C1=O. The molecule has 4 heteroatoms. The van der Waals surface area contributed by atoms with E-state index >= 15 is 0 Å². The van der Waals surface area contributed by atoms with E-state index in [0.29, 0.717) is 11.7 Å². The molecule has 30 heavy (non-hydrogen) atoms. The van der Waals surface area contributed by atoms with E-state index in [1.165, 1.54) is 25.7 Å². The minimum atomic E-state index is -0.229. The number of likely N-dealkylation sites (tertiary alicyclic amines) is 1. The first-order valence-corrected chi connectivity index (χ1v) is 13.0. The van der Waals surface area contributed by atoms with E-state index < -0.39 is 0 Å². The molecule has 0 spiro atoms. The lowest BCUT2D eigenvalue weighted by atomic mass is 9.85. The third kappa shape index (κ3) is 9.49. The van der Waals surface area contributed by atoms with Gasteiger partial charge in [0.15, 0.2) is 5.78 Å². The molecule has 0 radical (unpaired) electrons. The van der Waals surface area contributed by atoms with E-state index in [-0.39, 0.29) is 23.9 Å². The van der Waals surface area contributed by atoms with Crippen LogP contribution >= 0.6 is 0 Å². The van der Waals surface area contributed by atoms with Crippen LogP contribution in [0.2, 0.25) is 0 Å². The molecule has 1 amide bonds. The zero-order valence-electron chi connectivity index (χ0n) is 20.7. The van der Waals surface area contributed by atoms with Crippen molar-refractivity contribution < 1.29 is 9.59 Å². The molecule has 1 saturated heterocycles. The molecule has 0 saturated carbocycles. The third-order valence-corrected chi connectivity index (χ3v) is 6.52. The Morgan fingerprint density at radius 2 is 1.57 bits per heavy atom. The summed E-state index contributed by atoms with van der Waals surface area (Å²) in [4.78, 5) is 28.7. The molecule has 2 atom stereocenters. The van der Waals surface area contributed by atoms with Crippen LogP contribution in [0.15, 0.2) is 0 Å². The highest BCUT2D eigenvalue weighted by atomic mass is 16.2. The Bertz CT molecular complexity index is 470. The first-order chi connectivity index (χ1) is 14.5. The van der Waals surface area contributed by atoms with Crippen molar-refractivity contribution in [2.45, 2.75) is 130 Å². The number of hydrogen-bond acceptors (Lipinski definition) is 3. The predicted octanol–water partition coefficient (Wildman–Crippen LogP) is 6.13. The average molecular weight is 423 g/mol. The van der Waals surface area contributed by atoms with Gasteiger partial charge in [0.05, 0.1) is 12.1 Å². The van der Waals surface area contributed by atoms with Crippen molar-refractivity contribution in [2.24, 2.45) is 11.8 Å². The maximum absolute atomic E-state index is 13.6. The molecule has 1 N–H and O–H groups in total. The Morgan fingerprint density at radius 3 is 2.13 bits per heavy atom. The van der Waals surface area contributed by atoms with E-state index in [0.717, 1.165) is 70.9 Å². The smallest absolute Gasteiger partial charge is 0.240 e. The Labute approximate surface area is 186 Å². The zero-order valence-corrected chi connectivity index (χ0v) is 20.7. The van der Waals surface area contributed by atoms with Crippen molar-refractivity contribution in [3.63, 3.8) is 0 Å². The van der Waals surface area contributed by atoms with Crippen molar-refractivity contribution in [1.82, 2.24) is 10.2 Å². The molecule has 1 aliphatic heterocycles. The van der Waals surface area contributed by atoms with Gasteiger partial charge in [-0.15, -0.1) is 0 Å². The number of unbranched alkanes of at least 4 members (excludes halogenated alkanes) is 6. The molecule has 0 aromatic heterocycles. The van der Waals surface area contributed by atoms with E-state index in [1.807, 2.05) is 4.90 Å². The Morgan fingerprint density at radius 1 is 0.967 bits per heavy atom. The number of hydrogen-bond donors (Lipinski definition) is 1. The third-order valence-electron chi connectivity index (χ3n) is 6.52. The van der Waals surface area contributed by atoms with Crippen LogP contribution in [0.3, 0.4) is 0 Å². The Hall–Kier alpha value is -0.900. The van der Waals surface area contributed by atoms with Gasteiger partial charge >= 0.3 is 0 Å². The summed E-state index contributed by atoms with van der Waals surface area (Å²) in [5, 5.41) is 3.48. The highest BCUT2D eigenvalue weighted by Gasteiger charge is 2.40. The summed E-state index contributed by atoms with van der Waals surface area (Å²) in [5.74, 6) is 1.02. The van der Waals surface area contributed by atoms with Gasteiger partial charge in [-0.3, -0.25) is 9.59 Å². The van der Waals surface area contributed by atoms with Crippen molar-refractivity contribution in [2.75, 3.05) is 13.1 Å². The van der Waals surface area contributed by atoms with Gasteiger partial charge in [0.25, 0.3) is 0 Å². The molecular weight excluding hydrogens is 372 g/mol. The van der Waals surface area contributed by atoms with Crippen LogP contribution in [0.1, 0.15) is 118 Å². The number of carbonyl (C=O) groups is 2. The molecule has 0 aromatic carbocycles. The van der Waals surface area contributed by atoms with Crippen LogP contribution in [0, 0.1) is 11.8 Å². The average Bonchev–Trinajstić information content (AvgIpc) is 3.08. The van der Waals surface area contributed by atoms with Crippen molar-refractivity contribution in [1.29, 1.82) is 0 Å². The monoisotopic (exact) mass is 422 g/mol. The summed E-state index contributed by atoms with van der Waals surface area (Å²) in [5.41, 5.74) is 0. The molecule has 1 heterocycles. The second-order valence-electron chi connectivity index (χ2n) is 9.77.